The first-order valence-corrected chi connectivity index (χ1v) is 7.24. The van der Waals surface area contributed by atoms with Crippen LogP contribution < -0.4 is 11.1 Å². The Balaban J connectivity index is 1.73. The third-order valence-electron chi connectivity index (χ3n) is 2.74. The number of thioether (sulfide) groups is 1. The number of aromatic nitrogens is 2. The molecule has 3 N–H and O–H groups in total. The number of rotatable bonds is 5. The van der Waals surface area contributed by atoms with E-state index in [1.54, 1.807) is 6.07 Å². The molecule has 1 aliphatic heterocycles. The molecule has 2 heterocycles. The van der Waals surface area contributed by atoms with Gasteiger partial charge < -0.3 is 15.8 Å². The van der Waals surface area contributed by atoms with Gasteiger partial charge in [-0.25, -0.2) is 9.97 Å². The van der Waals surface area contributed by atoms with Gasteiger partial charge in [0, 0.05) is 24.9 Å². The molecule has 1 aliphatic rings. The molecule has 2 rings (SSSR count). The Kier molecular flexibility index (Phi) is 4.98. The summed E-state index contributed by atoms with van der Waals surface area (Å²) in [6.07, 6.45) is 2.26. The smallest absolute Gasteiger partial charge is 0.230 e. The number of nitrogens with zero attached hydrogens (tertiary/aromatic N) is 2. The number of anilines is 1. The molecule has 0 saturated carbocycles. The lowest BCUT2D eigenvalue weighted by molar-refractivity contribution is -0.119. The van der Waals surface area contributed by atoms with Crippen LogP contribution in [-0.2, 0) is 9.53 Å². The molecule has 1 amide bonds. The number of nitrogen functional groups attached to an aromatic ring is 1. The molecule has 0 bridgehead atoms. The number of aryl methyl sites for hydroxylation is 1. The fourth-order valence-electron chi connectivity index (χ4n) is 1.84. The third kappa shape index (κ3) is 4.68. The average Bonchev–Trinajstić information content (AvgIpc) is 2.86. The van der Waals surface area contributed by atoms with Crippen LogP contribution in [0.25, 0.3) is 0 Å². The van der Waals surface area contributed by atoms with Gasteiger partial charge in [-0.1, -0.05) is 11.8 Å². The molecule has 6 nitrogen and oxygen atoms in total. The molecule has 1 unspecified atom stereocenters. The van der Waals surface area contributed by atoms with Crippen molar-refractivity contribution in [3.63, 3.8) is 0 Å². The van der Waals surface area contributed by atoms with Crippen LogP contribution in [0.4, 0.5) is 5.82 Å². The zero-order chi connectivity index (χ0) is 13.7. The van der Waals surface area contributed by atoms with Crippen molar-refractivity contribution in [3.05, 3.63) is 11.8 Å². The zero-order valence-corrected chi connectivity index (χ0v) is 11.7. The van der Waals surface area contributed by atoms with E-state index in [-0.39, 0.29) is 17.8 Å². The third-order valence-corrected chi connectivity index (χ3v) is 3.58. The van der Waals surface area contributed by atoms with E-state index in [1.165, 1.54) is 11.8 Å². The lowest BCUT2D eigenvalue weighted by Gasteiger charge is -2.10. The maximum Gasteiger partial charge on any atom is 0.230 e. The molecule has 1 fully saturated rings. The Bertz CT molecular complexity index is 429. The van der Waals surface area contributed by atoms with Gasteiger partial charge in [-0.3, -0.25) is 4.79 Å². The second kappa shape index (κ2) is 6.72. The Hall–Kier alpha value is -1.34. The highest BCUT2D eigenvalue weighted by Gasteiger charge is 2.16. The fourth-order valence-corrected chi connectivity index (χ4v) is 2.58. The number of nitrogens with one attached hydrogen (secondary N) is 1. The highest BCUT2D eigenvalue weighted by atomic mass is 32.2. The summed E-state index contributed by atoms with van der Waals surface area (Å²) in [7, 11) is 0. The van der Waals surface area contributed by atoms with Crippen molar-refractivity contribution >= 4 is 23.5 Å². The standard InChI is InChI=1S/C12H18N4O2S/c1-8-5-10(13)16-12(15-8)19-7-11(17)14-6-9-3-2-4-18-9/h5,9H,2-4,6-7H2,1H3,(H,14,17)(H2,13,15,16). The van der Waals surface area contributed by atoms with Gasteiger partial charge in [-0.15, -0.1) is 0 Å². The summed E-state index contributed by atoms with van der Waals surface area (Å²) in [6, 6.07) is 1.70. The molecule has 1 atom stereocenters. The SMILES string of the molecule is Cc1cc(N)nc(SCC(=O)NCC2CCCO2)n1. The Morgan fingerprint density at radius 1 is 1.63 bits per heavy atom. The van der Waals surface area contributed by atoms with E-state index in [1.807, 2.05) is 6.92 Å². The van der Waals surface area contributed by atoms with Crippen molar-refractivity contribution < 1.29 is 9.53 Å². The second-order valence-corrected chi connectivity index (χ2v) is 5.39. The number of hydrogen-bond acceptors (Lipinski definition) is 6. The molecule has 0 aromatic carbocycles. The molecule has 0 spiro atoms. The molecule has 0 aliphatic carbocycles. The van der Waals surface area contributed by atoms with Crippen LogP contribution in [0.15, 0.2) is 11.2 Å². The van der Waals surface area contributed by atoms with Crippen molar-refractivity contribution in [2.75, 3.05) is 24.6 Å². The zero-order valence-electron chi connectivity index (χ0n) is 10.9. The highest BCUT2D eigenvalue weighted by molar-refractivity contribution is 7.99. The predicted molar refractivity (Wildman–Crippen MR) is 73.9 cm³/mol. The van der Waals surface area contributed by atoms with Gasteiger partial charge in [0.25, 0.3) is 0 Å². The minimum Gasteiger partial charge on any atom is -0.384 e. The van der Waals surface area contributed by atoms with E-state index in [4.69, 9.17) is 10.5 Å². The molecule has 7 heteroatoms. The first-order chi connectivity index (χ1) is 9.13. The molecular formula is C12H18N4O2S. The van der Waals surface area contributed by atoms with Gasteiger partial charge in [0.2, 0.25) is 5.91 Å². The lowest BCUT2D eigenvalue weighted by atomic mass is 10.2. The van der Waals surface area contributed by atoms with Gasteiger partial charge >= 0.3 is 0 Å². The van der Waals surface area contributed by atoms with Crippen LogP contribution in [0.3, 0.4) is 0 Å². The number of amides is 1. The quantitative estimate of drug-likeness (QED) is 0.612. The maximum atomic E-state index is 11.7. The summed E-state index contributed by atoms with van der Waals surface area (Å²) in [6.45, 7) is 3.22. The normalized spacial score (nSPS) is 18.5. The monoisotopic (exact) mass is 282 g/mol. The summed E-state index contributed by atoms with van der Waals surface area (Å²) in [5, 5.41) is 3.38. The fraction of sp³-hybridized carbons (Fsp3) is 0.583. The van der Waals surface area contributed by atoms with Gasteiger partial charge in [0.05, 0.1) is 11.9 Å². The van der Waals surface area contributed by atoms with Crippen LogP contribution in [0, 0.1) is 6.92 Å². The molecule has 1 aromatic heterocycles. The van der Waals surface area contributed by atoms with Crippen LogP contribution in [0.5, 0.6) is 0 Å². The average molecular weight is 282 g/mol. The van der Waals surface area contributed by atoms with Crippen LogP contribution >= 0.6 is 11.8 Å². The van der Waals surface area contributed by atoms with Crippen LogP contribution in [0.1, 0.15) is 18.5 Å². The number of nitrogens with two attached hydrogens (primary N) is 1. The molecular weight excluding hydrogens is 264 g/mol. The van der Waals surface area contributed by atoms with Crippen molar-refractivity contribution in [1.29, 1.82) is 0 Å². The second-order valence-electron chi connectivity index (χ2n) is 4.44. The molecule has 1 saturated heterocycles. The maximum absolute atomic E-state index is 11.7. The topological polar surface area (TPSA) is 90.1 Å². The summed E-state index contributed by atoms with van der Waals surface area (Å²) in [5.74, 6) is 0.675. The number of ether oxygens (including phenoxy) is 1. The van der Waals surface area contributed by atoms with Crippen LogP contribution in [-0.4, -0.2) is 40.9 Å². The van der Waals surface area contributed by atoms with E-state index in [2.05, 4.69) is 15.3 Å². The van der Waals surface area contributed by atoms with Gasteiger partial charge in [-0.2, -0.15) is 0 Å². The summed E-state index contributed by atoms with van der Waals surface area (Å²) in [5.41, 5.74) is 6.43. The molecule has 104 valence electrons. The predicted octanol–water partition coefficient (Wildman–Crippen LogP) is 0.755. The summed E-state index contributed by atoms with van der Waals surface area (Å²) in [4.78, 5) is 19.9. The van der Waals surface area contributed by atoms with E-state index >= 15 is 0 Å². The van der Waals surface area contributed by atoms with Crippen LogP contribution in [0.2, 0.25) is 0 Å². The van der Waals surface area contributed by atoms with Crippen molar-refractivity contribution in [1.82, 2.24) is 15.3 Å². The van der Waals surface area contributed by atoms with E-state index < -0.39 is 0 Å². The number of carbonyl (C=O) groups excluding carboxylic acids is 1. The summed E-state index contributed by atoms with van der Waals surface area (Å²) >= 11 is 1.28. The van der Waals surface area contributed by atoms with E-state index in [0.717, 1.165) is 25.1 Å². The Labute approximate surface area is 116 Å². The first-order valence-electron chi connectivity index (χ1n) is 6.26. The molecule has 0 radical (unpaired) electrons. The lowest BCUT2D eigenvalue weighted by Crippen LogP contribution is -2.32. The summed E-state index contributed by atoms with van der Waals surface area (Å²) < 4.78 is 5.43. The first kappa shape index (κ1) is 14.1. The largest absolute Gasteiger partial charge is 0.384 e. The van der Waals surface area contributed by atoms with Gasteiger partial charge in [0.1, 0.15) is 5.82 Å². The van der Waals surface area contributed by atoms with Crippen molar-refractivity contribution in [3.8, 4) is 0 Å². The van der Waals surface area contributed by atoms with Crippen molar-refractivity contribution in [2.45, 2.75) is 31.0 Å². The van der Waals surface area contributed by atoms with E-state index in [0.29, 0.717) is 17.5 Å². The minimum atomic E-state index is -0.0378. The molecule has 1 aromatic rings. The minimum absolute atomic E-state index is 0.0378. The number of carbonyl (C=O) groups is 1. The van der Waals surface area contributed by atoms with E-state index in [9.17, 15) is 4.79 Å². The Morgan fingerprint density at radius 2 is 2.47 bits per heavy atom. The van der Waals surface area contributed by atoms with Crippen molar-refractivity contribution in [2.24, 2.45) is 0 Å². The Morgan fingerprint density at radius 3 is 3.16 bits per heavy atom. The number of hydrogen-bond donors (Lipinski definition) is 2. The highest BCUT2D eigenvalue weighted by Crippen LogP contribution is 2.15. The van der Waals surface area contributed by atoms with Gasteiger partial charge in [-0.05, 0) is 19.8 Å². The van der Waals surface area contributed by atoms with Gasteiger partial charge in [0.15, 0.2) is 5.16 Å². The molecule has 19 heavy (non-hydrogen) atoms.